The van der Waals surface area contributed by atoms with Crippen LogP contribution in [-0.4, -0.2) is 39.0 Å². The lowest BCUT2D eigenvalue weighted by molar-refractivity contribution is 0.0680. The first kappa shape index (κ1) is 9.10. The minimum Gasteiger partial charge on any atom is -0.475 e. The maximum Gasteiger partial charge on any atom is 0.377 e. The quantitative estimate of drug-likeness (QED) is 0.570. The summed E-state index contributed by atoms with van der Waals surface area (Å²) in [5.74, 6) is -1.37. The number of rotatable bonds is 2. The van der Waals surface area contributed by atoms with Crippen molar-refractivity contribution in [3.05, 3.63) is 11.7 Å². The average molecular weight is 199 g/mol. The van der Waals surface area contributed by atoms with E-state index in [0.29, 0.717) is 13.0 Å². The van der Waals surface area contributed by atoms with Crippen LogP contribution in [0.3, 0.4) is 0 Å². The highest BCUT2D eigenvalue weighted by Crippen LogP contribution is 2.21. The fraction of sp³-hybridized carbons (Fsp3) is 0.571. The summed E-state index contributed by atoms with van der Waals surface area (Å²) in [6.07, 6.45) is 0.0153. The molecule has 1 aliphatic rings. The predicted molar refractivity (Wildman–Crippen MR) is 42.6 cm³/mol. The van der Waals surface area contributed by atoms with Crippen molar-refractivity contribution >= 4 is 5.97 Å². The number of aliphatic hydroxyl groups excluding tert-OH is 1. The first-order valence-electron chi connectivity index (χ1n) is 4.15. The lowest BCUT2D eigenvalue weighted by Gasteiger charge is -2.01. The molecule has 0 bridgehead atoms. The minimum atomic E-state index is -1.22. The molecule has 3 N–H and O–H groups in total. The number of carboxylic acid groups (broad SMARTS) is 1. The van der Waals surface area contributed by atoms with Crippen LogP contribution in [0.5, 0.6) is 0 Å². The largest absolute Gasteiger partial charge is 0.475 e. The number of β-amino-alcohol motifs (C(OH)–C–C–N with tert-alkyl or cyclic N) is 1. The molecule has 0 saturated carbocycles. The van der Waals surface area contributed by atoms with Gasteiger partial charge >= 0.3 is 5.97 Å². The molecule has 0 aliphatic carbocycles. The number of hydrogen-bond acceptors (Lipinski definition) is 6. The van der Waals surface area contributed by atoms with Crippen molar-refractivity contribution in [2.24, 2.45) is 0 Å². The van der Waals surface area contributed by atoms with Crippen molar-refractivity contribution in [2.75, 3.05) is 6.54 Å². The second kappa shape index (κ2) is 3.35. The molecule has 76 valence electrons. The number of carbonyl (C=O) groups is 1. The molecular formula is C7H9N3O4. The Morgan fingerprint density at radius 2 is 2.43 bits per heavy atom. The Labute approximate surface area is 78.7 Å². The minimum absolute atomic E-state index is 0.207. The first-order chi connectivity index (χ1) is 6.66. The van der Waals surface area contributed by atoms with E-state index in [1.165, 1.54) is 0 Å². The Hall–Kier alpha value is -1.47. The third-order valence-corrected chi connectivity index (χ3v) is 2.04. The zero-order chi connectivity index (χ0) is 10.1. The Kier molecular flexibility index (Phi) is 2.18. The molecule has 1 aromatic heterocycles. The summed E-state index contributed by atoms with van der Waals surface area (Å²) in [7, 11) is 0. The standard InChI is InChI=1S/C7H9N3O4/c11-3-1-4(8-2-3)6-9-5(7(12)13)10-14-6/h3-4,8,11H,1-2H2,(H,12,13)/t3-,4-/m1/s1. The average Bonchev–Trinajstić information content (AvgIpc) is 2.70. The smallest absolute Gasteiger partial charge is 0.377 e. The van der Waals surface area contributed by atoms with Crippen molar-refractivity contribution < 1.29 is 19.5 Å². The third kappa shape index (κ3) is 1.59. The van der Waals surface area contributed by atoms with Gasteiger partial charge in [-0.1, -0.05) is 0 Å². The van der Waals surface area contributed by atoms with Gasteiger partial charge in [-0.25, -0.2) is 4.79 Å². The van der Waals surface area contributed by atoms with Gasteiger partial charge in [0.1, 0.15) is 0 Å². The number of aromatic carboxylic acids is 1. The van der Waals surface area contributed by atoms with Crippen LogP contribution >= 0.6 is 0 Å². The highest BCUT2D eigenvalue weighted by Gasteiger charge is 2.28. The SMILES string of the molecule is O=C(O)c1noc([C@H]2C[C@@H](O)CN2)n1. The maximum absolute atomic E-state index is 10.4. The van der Waals surface area contributed by atoms with Crippen LogP contribution in [-0.2, 0) is 0 Å². The number of nitrogens with zero attached hydrogens (tertiary/aromatic N) is 2. The van der Waals surface area contributed by atoms with E-state index in [2.05, 4.69) is 15.5 Å². The topological polar surface area (TPSA) is 108 Å². The van der Waals surface area contributed by atoms with E-state index < -0.39 is 12.1 Å². The van der Waals surface area contributed by atoms with E-state index in [9.17, 15) is 9.90 Å². The van der Waals surface area contributed by atoms with Crippen molar-refractivity contribution in [1.29, 1.82) is 0 Å². The summed E-state index contributed by atoms with van der Waals surface area (Å²) >= 11 is 0. The maximum atomic E-state index is 10.4. The molecule has 1 aliphatic heterocycles. The van der Waals surface area contributed by atoms with Crippen LogP contribution < -0.4 is 5.32 Å². The third-order valence-electron chi connectivity index (χ3n) is 2.04. The van der Waals surface area contributed by atoms with Gasteiger partial charge in [-0.2, -0.15) is 4.98 Å². The zero-order valence-corrected chi connectivity index (χ0v) is 7.17. The molecule has 2 heterocycles. The summed E-state index contributed by atoms with van der Waals surface area (Å²) in [5.41, 5.74) is 0. The second-order valence-corrected chi connectivity index (χ2v) is 3.11. The van der Waals surface area contributed by atoms with Crippen LogP contribution in [0.25, 0.3) is 0 Å². The molecule has 0 amide bonds. The van der Waals surface area contributed by atoms with Crippen molar-refractivity contribution in [2.45, 2.75) is 18.6 Å². The van der Waals surface area contributed by atoms with Gasteiger partial charge < -0.3 is 20.1 Å². The Balaban J connectivity index is 2.13. The van der Waals surface area contributed by atoms with E-state index in [0.717, 1.165) is 0 Å². The second-order valence-electron chi connectivity index (χ2n) is 3.11. The number of nitrogens with one attached hydrogen (secondary N) is 1. The Bertz CT molecular complexity index is 350. The van der Waals surface area contributed by atoms with Crippen LogP contribution in [0.1, 0.15) is 29.0 Å². The molecule has 7 heteroatoms. The lowest BCUT2D eigenvalue weighted by atomic mass is 10.2. The highest BCUT2D eigenvalue weighted by molar-refractivity contribution is 5.82. The molecule has 1 saturated heterocycles. The number of aliphatic hydroxyl groups is 1. The normalized spacial score (nSPS) is 26.6. The number of hydrogen-bond donors (Lipinski definition) is 3. The molecule has 0 radical (unpaired) electrons. The molecule has 0 aromatic carbocycles. The number of carboxylic acids is 1. The zero-order valence-electron chi connectivity index (χ0n) is 7.17. The van der Waals surface area contributed by atoms with E-state index in [1.54, 1.807) is 0 Å². The van der Waals surface area contributed by atoms with E-state index in [-0.39, 0.29) is 17.8 Å². The monoisotopic (exact) mass is 199 g/mol. The summed E-state index contributed by atoms with van der Waals surface area (Å²) in [4.78, 5) is 14.1. The van der Waals surface area contributed by atoms with E-state index in [4.69, 9.17) is 9.63 Å². The summed E-state index contributed by atoms with van der Waals surface area (Å²) in [5, 5.41) is 24.0. The Morgan fingerprint density at radius 3 is 2.93 bits per heavy atom. The van der Waals surface area contributed by atoms with Gasteiger partial charge in [0.2, 0.25) is 5.89 Å². The molecule has 14 heavy (non-hydrogen) atoms. The molecule has 1 fully saturated rings. The number of aromatic nitrogens is 2. The molecule has 2 rings (SSSR count). The fourth-order valence-corrected chi connectivity index (χ4v) is 1.37. The van der Waals surface area contributed by atoms with Gasteiger partial charge in [0, 0.05) is 6.54 Å². The van der Waals surface area contributed by atoms with Gasteiger partial charge in [0.15, 0.2) is 0 Å². The van der Waals surface area contributed by atoms with E-state index >= 15 is 0 Å². The first-order valence-corrected chi connectivity index (χ1v) is 4.15. The summed E-state index contributed by atoms with van der Waals surface area (Å²) < 4.78 is 4.74. The Morgan fingerprint density at radius 1 is 1.64 bits per heavy atom. The predicted octanol–water partition coefficient (Wildman–Crippen LogP) is -0.837. The molecule has 7 nitrogen and oxygen atoms in total. The van der Waals surface area contributed by atoms with Crippen LogP contribution in [0, 0.1) is 0 Å². The molecule has 0 unspecified atom stereocenters. The fourth-order valence-electron chi connectivity index (χ4n) is 1.37. The molecule has 2 atom stereocenters. The lowest BCUT2D eigenvalue weighted by Crippen LogP contribution is -2.15. The van der Waals surface area contributed by atoms with Gasteiger partial charge in [-0.05, 0) is 11.6 Å². The van der Waals surface area contributed by atoms with Crippen LogP contribution in [0.15, 0.2) is 4.52 Å². The van der Waals surface area contributed by atoms with Crippen molar-refractivity contribution in [3.63, 3.8) is 0 Å². The summed E-state index contributed by atoms with van der Waals surface area (Å²) in [6.45, 7) is 0.454. The van der Waals surface area contributed by atoms with Gasteiger partial charge in [-0.3, -0.25) is 0 Å². The van der Waals surface area contributed by atoms with Crippen LogP contribution in [0.4, 0.5) is 0 Å². The summed E-state index contributed by atoms with van der Waals surface area (Å²) in [6, 6.07) is -0.245. The molecule has 1 aromatic rings. The van der Waals surface area contributed by atoms with Crippen molar-refractivity contribution in [1.82, 2.24) is 15.5 Å². The highest BCUT2D eigenvalue weighted by atomic mass is 16.5. The molecule has 0 spiro atoms. The van der Waals surface area contributed by atoms with Crippen molar-refractivity contribution in [3.8, 4) is 0 Å². The van der Waals surface area contributed by atoms with Gasteiger partial charge in [0.05, 0.1) is 12.1 Å². The van der Waals surface area contributed by atoms with Gasteiger partial charge in [-0.15, -0.1) is 0 Å². The molecular weight excluding hydrogens is 190 g/mol. The van der Waals surface area contributed by atoms with Crippen LogP contribution in [0.2, 0.25) is 0 Å². The van der Waals surface area contributed by atoms with E-state index in [1.807, 2.05) is 0 Å². The van der Waals surface area contributed by atoms with Gasteiger partial charge in [0.25, 0.3) is 5.82 Å².